The molecule has 6 rings (SSSR count). The van der Waals surface area contributed by atoms with E-state index in [2.05, 4.69) is 15.2 Å². The zero-order valence-electron chi connectivity index (χ0n) is 19.6. The number of amidine groups is 1. The van der Waals surface area contributed by atoms with Crippen molar-refractivity contribution in [3.8, 4) is 0 Å². The Kier molecular flexibility index (Phi) is 5.75. The van der Waals surface area contributed by atoms with E-state index in [1.54, 1.807) is 0 Å². The predicted octanol–water partition coefficient (Wildman–Crippen LogP) is 5.23. The molecular formula is C26H26ClF3N4O2. The number of halogens is 4. The van der Waals surface area contributed by atoms with Crippen molar-refractivity contribution >= 4 is 29.0 Å². The van der Waals surface area contributed by atoms with Crippen LogP contribution in [0.1, 0.15) is 67.0 Å². The summed E-state index contributed by atoms with van der Waals surface area (Å²) in [4.78, 5) is 24.0. The number of amides is 1. The third-order valence-electron chi connectivity index (χ3n) is 7.39. The fourth-order valence-electron chi connectivity index (χ4n) is 5.00. The summed E-state index contributed by atoms with van der Waals surface area (Å²) in [5.74, 6) is 0.0967. The largest absolute Gasteiger partial charge is 0.433 e. The molecule has 1 amide bonds. The second kappa shape index (κ2) is 8.73. The molecule has 2 saturated carbocycles. The van der Waals surface area contributed by atoms with Crippen LogP contribution in [0.25, 0.3) is 0 Å². The molecule has 1 saturated heterocycles. The summed E-state index contributed by atoms with van der Waals surface area (Å²) in [7, 11) is 0. The van der Waals surface area contributed by atoms with Crippen molar-refractivity contribution in [2.24, 2.45) is 4.99 Å². The zero-order chi connectivity index (χ0) is 25.1. The van der Waals surface area contributed by atoms with Gasteiger partial charge in [0.1, 0.15) is 17.1 Å². The number of hydrogen-bond donors (Lipinski definition) is 1. The maximum atomic E-state index is 13.2. The van der Waals surface area contributed by atoms with Crippen molar-refractivity contribution in [3.63, 3.8) is 0 Å². The minimum atomic E-state index is -4.51. The Morgan fingerprint density at radius 1 is 1.11 bits per heavy atom. The molecule has 3 heterocycles. The highest BCUT2D eigenvalue weighted by Gasteiger charge is 2.47. The Morgan fingerprint density at radius 3 is 2.53 bits per heavy atom. The average Bonchev–Trinajstić information content (AvgIpc) is 3.77. The zero-order valence-corrected chi connectivity index (χ0v) is 20.3. The molecule has 2 aromatic rings. The van der Waals surface area contributed by atoms with Crippen molar-refractivity contribution in [2.45, 2.75) is 68.9 Å². The van der Waals surface area contributed by atoms with Gasteiger partial charge in [-0.3, -0.25) is 9.79 Å². The van der Waals surface area contributed by atoms with Gasteiger partial charge in [-0.2, -0.15) is 13.2 Å². The summed E-state index contributed by atoms with van der Waals surface area (Å²) in [5, 5.41) is 3.50. The lowest BCUT2D eigenvalue weighted by Gasteiger charge is -2.37. The number of pyridine rings is 1. The highest BCUT2D eigenvalue weighted by Crippen LogP contribution is 2.43. The quantitative estimate of drug-likeness (QED) is 0.569. The molecule has 0 unspecified atom stereocenters. The molecule has 1 aromatic heterocycles. The van der Waals surface area contributed by atoms with Crippen LogP contribution < -0.4 is 10.2 Å². The Balaban J connectivity index is 1.23. The van der Waals surface area contributed by atoms with E-state index in [-0.39, 0.29) is 11.8 Å². The molecule has 36 heavy (non-hydrogen) atoms. The number of nitrogens with zero attached hydrogens (tertiary/aromatic N) is 3. The van der Waals surface area contributed by atoms with Gasteiger partial charge in [0.2, 0.25) is 0 Å². The highest BCUT2D eigenvalue weighted by molar-refractivity contribution is 6.30. The monoisotopic (exact) mass is 518 g/mol. The van der Waals surface area contributed by atoms with Gasteiger partial charge in [0.15, 0.2) is 0 Å². The van der Waals surface area contributed by atoms with E-state index < -0.39 is 17.4 Å². The third-order valence-corrected chi connectivity index (χ3v) is 7.63. The fraction of sp³-hybridized carbons (Fsp3) is 0.500. The molecule has 2 aliphatic heterocycles. The van der Waals surface area contributed by atoms with E-state index in [9.17, 15) is 18.0 Å². The Bertz CT molecular complexity index is 1230. The number of benzene rings is 1. The molecule has 0 radical (unpaired) electrons. The number of anilines is 1. The summed E-state index contributed by atoms with van der Waals surface area (Å²) in [6.07, 6.45) is 0.579. The van der Waals surface area contributed by atoms with Crippen LogP contribution in [-0.2, 0) is 22.3 Å². The second-order valence-corrected chi connectivity index (χ2v) is 10.6. The smallest absolute Gasteiger partial charge is 0.373 e. The van der Waals surface area contributed by atoms with Gasteiger partial charge < -0.3 is 15.0 Å². The summed E-state index contributed by atoms with van der Waals surface area (Å²) in [5.41, 5.74) is 1.09. The number of aliphatic imine (C=N–C) groups is 1. The van der Waals surface area contributed by atoms with E-state index in [0.717, 1.165) is 43.0 Å². The van der Waals surface area contributed by atoms with Crippen molar-refractivity contribution in [1.29, 1.82) is 0 Å². The number of alkyl halides is 3. The fourth-order valence-corrected chi connectivity index (χ4v) is 5.16. The first kappa shape index (κ1) is 23.7. The molecule has 2 aliphatic carbocycles. The lowest BCUT2D eigenvalue weighted by atomic mass is 9.87. The average molecular weight is 519 g/mol. The van der Waals surface area contributed by atoms with Crippen molar-refractivity contribution in [1.82, 2.24) is 10.3 Å². The van der Waals surface area contributed by atoms with Crippen LogP contribution in [0.3, 0.4) is 0 Å². The number of aromatic nitrogens is 1. The molecule has 1 aromatic carbocycles. The van der Waals surface area contributed by atoms with Gasteiger partial charge in [-0.05, 0) is 62.8 Å². The number of hydrogen-bond acceptors (Lipinski definition) is 5. The molecule has 0 bridgehead atoms. The van der Waals surface area contributed by atoms with E-state index in [0.29, 0.717) is 60.8 Å². The van der Waals surface area contributed by atoms with Crippen LogP contribution in [0.15, 0.2) is 35.3 Å². The van der Waals surface area contributed by atoms with Crippen LogP contribution >= 0.6 is 11.6 Å². The topological polar surface area (TPSA) is 66.8 Å². The molecule has 0 atom stereocenters. The molecular weight excluding hydrogens is 493 g/mol. The first-order valence-corrected chi connectivity index (χ1v) is 12.7. The molecule has 6 nitrogen and oxygen atoms in total. The SMILES string of the molecule is O=C1NC(c2ccc(C(F)(F)F)nc2C2CC2)=NC12CCN(c1cc(Cl)ccc1COC1CC1)CC2. The van der Waals surface area contributed by atoms with E-state index in [4.69, 9.17) is 21.3 Å². The lowest BCUT2D eigenvalue weighted by molar-refractivity contribution is -0.141. The normalized spacial score (nSPS) is 21.6. The van der Waals surface area contributed by atoms with Crippen molar-refractivity contribution in [2.75, 3.05) is 18.0 Å². The molecule has 4 aliphatic rings. The highest BCUT2D eigenvalue weighted by atomic mass is 35.5. The van der Waals surface area contributed by atoms with Gasteiger partial charge in [-0.15, -0.1) is 0 Å². The molecule has 1 spiro atoms. The number of carbonyl (C=O) groups excluding carboxylic acids is 1. The molecule has 1 N–H and O–H groups in total. The van der Waals surface area contributed by atoms with Gasteiger partial charge in [-0.25, -0.2) is 4.98 Å². The second-order valence-electron chi connectivity index (χ2n) is 10.1. The van der Waals surface area contributed by atoms with Gasteiger partial charge in [0.25, 0.3) is 5.91 Å². The van der Waals surface area contributed by atoms with Crippen LogP contribution in [-0.4, -0.2) is 41.5 Å². The number of rotatable bonds is 6. The summed E-state index contributed by atoms with van der Waals surface area (Å²) >= 11 is 6.30. The summed E-state index contributed by atoms with van der Waals surface area (Å²) in [6.45, 7) is 1.72. The standard InChI is InChI=1S/C26H26ClF3N4O2/c27-17-4-3-16(14-36-18-5-6-18)20(13-17)34-11-9-25(10-12-34)24(35)32-23(33-25)19-7-8-21(26(28,29)30)31-22(19)15-1-2-15/h3-4,7-8,13,15,18H,1-2,5-6,9-12,14H2,(H,32,33,35). The molecule has 190 valence electrons. The number of piperidine rings is 1. The lowest BCUT2D eigenvalue weighted by Crippen LogP contribution is -2.49. The number of ether oxygens (including phenoxy) is 1. The Labute approximate surface area is 211 Å². The van der Waals surface area contributed by atoms with Gasteiger partial charge in [-0.1, -0.05) is 17.7 Å². The van der Waals surface area contributed by atoms with Gasteiger partial charge in [0.05, 0.1) is 18.4 Å². The van der Waals surface area contributed by atoms with Crippen LogP contribution in [0.4, 0.5) is 18.9 Å². The Morgan fingerprint density at radius 2 is 1.86 bits per heavy atom. The van der Waals surface area contributed by atoms with E-state index in [1.165, 1.54) is 6.07 Å². The van der Waals surface area contributed by atoms with Crippen LogP contribution in [0.2, 0.25) is 5.02 Å². The minimum Gasteiger partial charge on any atom is -0.373 e. The van der Waals surface area contributed by atoms with E-state index in [1.807, 2.05) is 18.2 Å². The first-order valence-electron chi connectivity index (χ1n) is 12.4. The maximum Gasteiger partial charge on any atom is 0.433 e. The minimum absolute atomic E-state index is 0.0283. The molecule has 3 fully saturated rings. The van der Waals surface area contributed by atoms with Crippen LogP contribution in [0, 0.1) is 0 Å². The van der Waals surface area contributed by atoms with Crippen LogP contribution in [0.5, 0.6) is 0 Å². The van der Waals surface area contributed by atoms with Crippen molar-refractivity contribution in [3.05, 3.63) is 57.9 Å². The summed E-state index contributed by atoms with van der Waals surface area (Å²) in [6, 6.07) is 8.14. The van der Waals surface area contributed by atoms with Gasteiger partial charge >= 0.3 is 6.18 Å². The van der Waals surface area contributed by atoms with Crippen molar-refractivity contribution < 1.29 is 22.7 Å². The maximum absolute atomic E-state index is 13.2. The predicted molar refractivity (Wildman–Crippen MR) is 129 cm³/mol. The Hall–Kier alpha value is -2.65. The van der Waals surface area contributed by atoms with Gasteiger partial charge in [0, 0.05) is 40.8 Å². The van der Waals surface area contributed by atoms with E-state index >= 15 is 0 Å². The number of nitrogens with one attached hydrogen (secondary N) is 1. The third kappa shape index (κ3) is 4.59. The number of carbonyl (C=O) groups is 1. The first-order chi connectivity index (χ1) is 17.2. The summed E-state index contributed by atoms with van der Waals surface area (Å²) < 4.78 is 45.7. The molecule has 10 heteroatoms.